The van der Waals surface area contributed by atoms with Crippen molar-refractivity contribution in [2.75, 3.05) is 12.4 Å². The average Bonchev–Trinajstić information content (AvgIpc) is 3.06. The van der Waals surface area contributed by atoms with Gasteiger partial charge in [0.15, 0.2) is 5.65 Å². The zero-order valence-electron chi connectivity index (χ0n) is 13.5. The molecular formula is C19H15BrN4O. The van der Waals surface area contributed by atoms with Crippen molar-refractivity contribution in [2.45, 2.75) is 0 Å². The Morgan fingerprint density at radius 3 is 2.44 bits per heavy atom. The SMILES string of the molecule is COc1ccc(Nc2ccc3c(-c4ccc(Br)cc4)[nH]nc3n2)cc1. The molecule has 0 amide bonds. The number of fused-ring (bicyclic) bond motifs is 1. The quantitative estimate of drug-likeness (QED) is 0.502. The molecule has 2 aromatic carbocycles. The van der Waals surface area contributed by atoms with Crippen molar-refractivity contribution in [3.05, 3.63) is 65.1 Å². The molecule has 0 aliphatic heterocycles. The Hall–Kier alpha value is -2.86. The van der Waals surface area contributed by atoms with Gasteiger partial charge in [-0.05, 0) is 48.5 Å². The number of hydrogen-bond donors (Lipinski definition) is 2. The molecular weight excluding hydrogens is 380 g/mol. The predicted octanol–water partition coefficient (Wildman–Crippen LogP) is 5.14. The van der Waals surface area contributed by atoms with Crippen LogP contribution in [0.25, 0.3) is 22.3 Å². The zero-order chi connectivity index (χ0) is 17.2. The highest BCUT2D eigenvalue weighted by Gasteiger charge is 2.09. The van der Waals surface area contributed by atoms with Crippen molar-refractivity contribution in [1.29, 1.82) is 0 Å². The molecule has 0 radical (unpaired) electrons. The molecule has 2 N–H and O–H groups in total. The van der Waals surface area contributed by atoms with Crippen molar-refractivity contribution in [2.24, 2.45) is 0 Å². The minimum Gasteiger partial charge on any atom is -0.497 e. The van der Waals surface area contributed by atoms with Gasteiger partial charge in [-0.15, -0.1) is 0 Å². The normalized spacial score (nSPS) is 10.8. The summed E-state index contributed by atoms with van der Waals surface area (Å²) >= 11 is 3.45. The summed E-state index contributed by atoms with van der Waals surface area (Å²) in [5, 5.41) is 11.7. The van der Waals surface area contributed by atoms with E-state index >= 15 is 0 Å². The number of nitrogens with one attached hydrogen (secondary N) is 2. The largest absolute Gasteiger partial charge is 0.497 e. The Labute approximate surface area is 153 Å². The van der Waals surface area contributed by atoms with Crippen LogP contribution in [0.3, 0.4) is 0 Å². The molecule has 0 spiro atoms. The lowest BCUT2D eigenvalue weighted by Gasteiger charge is -2.06. The van der Waals surface area contributed by atoms with Crippen LogP contribution in [0.4, 0.5) is 11.5 Å². The highest BCUT2D eigenvalue weighted by atomic mass is 79.9. The maximum absolute atomic E-state index is 5.17. The summed E-state index contributed by atoms with van der Waals surface area (Å²) in [5.41, 5.74) is 3.65. The Bertz CT molecular complexity index is 1010. The lowest BCUT2D eigenvalue weighted by Crippen LogP contribution is -1.93. The van der Waals surface area contributed by atoms with Gasteiger partial charge in [0.1, 0.15) is 11.6 Å². The number of halogens is 1. The third-order valence-corrected chi connectivity index (χ3v) is 4.44. The number of methoxy groups -OCH3 is 1. The Kier molecular flexibility index (Phi) is 4.11. The number of ether oxygens (including phenoxy) is 1. The first-order chi connectivity index (χ1) is 12.2. The molecule has 0 saturated heterocycles. The molecule has 0 bridgehead atoms. The van der Waals surface area contributed by atoms with Crippen LogP contribution in [-0.2, 0) is 0 Å². The molecule has 4 aromatic rings. The minimum absolute atomic E-state index is 0.677. The number of H-pyrrole nitrogens is 1. The van der Waals surface area contributed by atoms with Gasteiger partial charge in [0.25, 0.3) is 0 Å². The third-order valence-electron chi connectivity index (χ3n) is 3.91. The number of anilines is 2. The minimum atomic E-state index is 0.677. The van der Waals surface area contributed by atoms with E-state index in [2.05, 4.69) is 36.4 Å². The van der Waals surface area contributed by atoms with Gasteiger partial charge >= 0.3 is 0 Å². The first-order valence-electron chi connectivity index (χ1n) is 7.75. The van der Waals surface area contributed by atoms with Crippen LogP contribution < -0.4 is 10.1 Å². The third kappa shape index (κ3) is 3.21. The molecule has 0 atom stereocenters. The second kappa shape index (κ2) is 6.57. The summed E-state index contributed by atoms with van der Waals surface area (Å²) in [6, 6.07) is 19.8. The second-order valence-corrected chi connectivity index (χ2v) is 6.44. The summed E-state index contributed by atoms with van der Waals surface area (Å²) in [6.45, 7) is 0. The monoisotopic (exact) mass is 394 g/mol. The van der Waals surface area contributed by atoms with E-state index in [4.69, 9.17) is 4.74 Å². The number of benzene rings is 2. The van der Waals surface area contributed by atoms with Crippen LogP contribution in [-0.4, -0.2) is 22.3 Å². The second-order valence-electron chi connectivity index (χ2n) is 5.53. The molecule has 0 saturated carbocycles. The van der Waals surface area contributed by atoms with Crippen molar-refractivity contribution in [3.63, 3.8) is 0 Å². The molecule has 0 aliphatic carbocycles. The molecule has 2 heterocycles. The van der Waals surface area contributed by atoms with Crippen molar-refractivity contribution in [3.8, 4) is 17.0 Å². The number of hydrogen-bond acceptors (Lipinski definition) is 4. The van der Waals surface area contributed by atoms with Crippen molar-refractivity contribution >= 4 is 38.5 Å². The Morgan fingerprint density at radius 1 is 0.960 bits per heavy atom. The summed E-state index contributed by atoms with van der Waals surface area (Å²) in [6.07, 6.45) is 0. The van der Waals surface area contributed by atoms with E-state index in [0.717, 1.165) is 38.4 Å². The maximum atomic E-state index is 5.17. The van der Waals surface area contributed by atoms with Crippen LogP contribution >= 0.6 is 15.9 Å². The first kappa shape index (κ1) is 15.7. The smallest absolute Gasteiger partial charge is 0.183 e. The fraction of sp³-hybridized carbons (Fsp3) is 0.0526. The summed E-state index contributed by atoms with van der Waals surface area (Å²) < 4.78 is 6.21. The molecule has 4 rings (SSSR count). The highest BCUT2D eigenvalue weighted by Crippen LogP contribution is 2.28. The van der Waals surface area contributed by atoms with Gasteiger partial charge in [-0.1, -0.05) is 28.1 Å². The topological polar surface area (TPSA) is 62.8 Å². The van der Waals surface area contributed by atoms with E-state index in [-0.39, 0.29) is 0 Å². The standard InChI is InChI=1S/C19H15BrN4O/c1-25-15-8-6-14(7-9-15)21-17-11-10-16-18(23-24-19(16)22-17)12-2-4-13(20)5-3-12/h2-11H,1H3,(H2,21,22,23,24). The van der Waals surface area contributed by atoms with Crippen LogP contribution in [0.1, 0.15) is 0 Å². The van der Waals surface area contributed by atoms with E-state index in [1.165, 1.54) is 0 Å². The van der Waals surface area contributed by atoms with Crippen LogP contribution in [0.5, 0.6) is 5.75 Å². The van der Waals surface area contributed by atoms with Gasteiger partial charge < -0.3 is 10.1 Å². The van der Waals surface area contributed by atoms with E-state index < -0.39 is 0 Å². The molecule has 25 heavy (non-hydrogen) atoms. The first-order valence-corrected chi connectivity index (χ1v) is 8.54. The van der Waals surface area contributed by atoms with E-state index in [0.29, 0.717) is 5.65 Å². The summed E-state index contributed by atoms with van der Waals surface area (Å²) in [7, 11) is 1.65. The fourth-order valence-electron chi connectivity index (χ4n) is 2.63. The van der Waals surface area contributed by atoms with Crippen LogP contribution in [0.2, 0.25) is 0 Å². The lowest BCUT2D eigenvalue weighted by molar-refractivity contribution is 0.415. The van der Waals surface area contributed by atoms with Crippen molar-refractivity contribution < 1.29 is 4.74 Å². The fourth-order valence-corrected chi connectivity index (χ4v) is 2.89. The number of rotatable bonds is 4. The van der Waals surface area contributed by atoms with Gasteiger partial charge in [-0.3, -0.25) is 5.10 Å². The van der Waals surface area contributed by atoms with Crippen LogP contribution in [0.15, 0.2) is 65.1 Å². The predicted molar refractivity (Wildman–Crippen MR) is 103 cm³/mol. The Morgan fingerprint density at radius 2 is 1.72 bits per heavy atom. The molecule has 0 aliphatic rings. The average molecular weight is 395 g/mol. The van der Waals surface area contributed by atoms with Gasteiger partial charge in [-0.25, -0.2) is 4.98 Å². The maximum Gasteiger partial charge on any atom is 0.183 e. The molecule has 0 unspecified atom stereocenters. The van der Waals surface area contributed by atoms with Gasteiger partial charge in [-0.2, -0.15) is 5.10 Å². The zero-order valence-corrected chi connectivity index (χ0v) is 15.0. The number of aromatic amines is 1. The number of aromatic nitrogens is 3. The molecule has 6 heteroatoms. The van der Waals surface area contributed by atoms with E-state index in [9.17, 15) is 0 Å². The van der Waals surface area contributed by atoms with Gasteiger partial charge in [0.05, 0.1) is 12.8 Å². The number of pyridine rings is 1. The summed E-state index contributed by atoms with van der Waals surface area (Å²) in [5.74, 6) is 1.56. The van der Waals surface area contributed by atoms with Gasteiger partial charge in [0, 0.05) is 21.1 Å². The lowest BCUT2D eigenvalue weighted by atomic mass is 10.1. The molecule has 2 aromatic heterocycles. The Balaban J connectivity index is 1.63. The molecule has 5 nitrogen and oxygen atoms in total. The van der Waals surface area contributed by atoms with Gasteiger partial charge in [0.2, 0.25) is 0 Å². The molecule has 0 fully saturated rings. The van der Waals surface area contributed by atoms with E-state index in [1.807, 2.05) is 60.7 Å². The number of nitrogens with zero attached hydrogens (tertiary/aromatic N) is 2. The highest BCUT2D eigenvalue weighted by molar-refractivity contribution is 9.10. The van der Waals surface area contributed by atoms with E-state index in [1.54, 1.807) is 7.11 Å². The summed E-state index contributed by atoms with van der Waals surface area (Å²) in [4.78, 5) is 4.58. The van der Waals surface area contributed by atoms with Crippen molar-refractivity contribution in [1.82, 2.24) is 15.2 Å². The van der Waals surface area contributed by atoms with Crippen LogP contribution in [0, 0.1) is 0 Å². The molecule has 124 valence electrons.